The summed E-state index contributed by atoms with van der Waals surface area (Å²) in [6, 6.07) is 0.736. The van der Waals surface area contributed by atoms with Crippen molar-refractivity contribution in [3.8, 4) is 6.07 Å². The van der Waals surface area contributed by atoms with Crippen molar-refractivity contribution in [3.63, 3.8) is 0 Å². The lowest BCUT2D eigenvalue weighted by molar-refractivity contribution is -0.142. The molecule has 9 heteroatoms. The second kappa shape index (κ2) is 9.26. The van der Waals surface area contributed by atoms with Crippen molar-refractivity contribution in [2.75, 3.05) is 26.2 Å². The molecule has 1 heterocycles. The summed E-state index contributed by atoms with van der Waals surface area (Å²) in [6.45, 7) is 10.4. The zero-order valence-corrected chi connectivity index (χ0v) is 16.5. The summed E-state index contributed by atoms with van der Waals surface area (Å²) < 4.78 is 5.32. The molecule has 1 rings (SSSR count). The van der Waals surface area contributed by atoms with E-state index >= 15 is 0 Å². The van der Waals surface area contributed by atoms with Crippen molar-refractivity contribution in [1.29, 1.82) is 5.26 Å². The van der Waals surface area contributed by atoms with Gasteiger partial charge in [0.05, 0.1) is 0 Å². The number of nitrogens with one attached hydrogen (secondary N) is 1. The van der Waals surface area contributed by atoms with Crippen LogP contribution in [0.2, 0.25) is 0 Å². The molecule has 1 fully saturated rings. The van der Waals surface area contributed by atoms with Crippen molar-refractivity contribution >= 4 is 18.0 Å². The Morgan fingerprint density at radius 1 is 1.19 bits per heavy atom. The predicted octanol–water partition coefficient (Wildman–Crippen LogP) is 1.17. The van der Waals surface area contributed by atoms with Crippen molar-refractivity contribution in [1.82, 2.24) is 15.1 Å². The number of piperazine rings is 1. The number of nitriles is 1. The van der Waals surface area contributed by atoms with E-state index in [1.165, 1.54) is 6.20 Å². The number of carbonyl (C=O) groups is 3. The van der Waals surface area contributed by atoms with Gasteiger partial charge in [0.15, 0.2) is 0 Å². The average molecular weight is 380 g/mol. The molecule has 0 aromatic carbocycles. The van der Waals surface area contributed by atoms with Crippen molar-refractivity contribution in [3.05, 3.63) is 11.8 Å². The first-order valence-electron chi connectivity index (χ1n) is 8.82. The minimum Gasteiger partial charge on any atom is -0.480 e. The van der Waals surface area contributed by atoms with Crippen LogP contribution < -0.4 is 5.32 Å². The van der Waals surface area contributed by atoms with Gasteiger partial charge in [-0.2, -0.15) is 5.26 Å². The summed E-state index contributed by atoms with van der Waals surface area (Å²) in [5.41, 5.74) is -0.746. The molecular weight excluding hydrogens is 352 g/mol. The van der Waals surface area contributed by atoms with Gasteiger partial charge in [0.2, 0.25) is 0 Å². The lowest BCUT2D eigenvalue weighted by Crippen LogP contribution is -2.49. The quantitative estimate of drug-likeness (QED) is 0.542. The third-order valence-corrected chi connectivity index (χ3v) is 3.86. The van der Waals surface area contributed by atoms with Gasteiger partial charge in [-0.3, -0.25) is 4.79 Å². The Morgan fingerprint density at radius 3 is 2.15 bits per heavy atom. The van der Waals surface area contributed by atoms with E-state index in [0.29, 0.717) is 26.2 Å². The molecule has 0 spiro atoms. The summed E-state index contributed by atoms with van der Waals surface area (Å²) in [5, 5.41) is 20.8. The second-order valence-corrected chi connectivity index (χ2v) is 7.69. The van der Waals surface area contributed by atoms with Gasteiger partial charge < -0.3 is 25.0 Å². The van der Waals surface area contributed by atoms with Crippen LogP contribution in [0.25, 0.3) is 0 Å². The molecule has 2 N–H and O–H groups in total. The van der Waals surface area contributed by atoms with Crippen LogP contribution in [0.5, 0.6) is 0 Å². The molecule has 0 saturated carbocycles. The molecule has 1 unspecified atom stereocenters. The zero-order valence-electron chi connectivity index (χ0n) is 16.5. The lowest BCUT2D eigenvalue weighted by atomic mass is 10.0. The molecular formula is C18H28N4O5. The summed E-state index contributed by atoms with van der Waals surface area (Å²) >= 11 is 0. The highest BCUT2D eigenvalue weighted by atomic mass is 16.6. The van der Waals surface area contributed by atoms with Gasteiger partial charge in [-0.25, -0.2) is 9.59 Å². The summed E-state index contributed by atoms with van der Waals surface area (Å²) in [4.78, 5) is 38.8. The minimum atomic E-state index is -1.15. The molecule has 0 aliphatic carbocycles. The number of hydrogen-bond acceptors (Lipinski definition) is 6. The second-order valence-electron chi connectivity index (χ2n) is 7.69. The van der Waals surface area contributed by atoms with E-state index in [1.807, 2.05) is 0 Å². The molecule has 0 aromatic rings. The van der Waals surface area contributed by atoms with Crippen LogP contribution in [0.1, 0.15) is 34.6 Å². The monoisotopic (exact) mass is 380 g/mol. The fourth-order valence-electron chi connectivity index (χ4n) is 2.41. The third kappa shape index (κ3) is 7.17. The molecule has 27 heavy (non-hydrogen) atoms. The molecule has 1 aliphatic heterocycles. The maximum absolute atomic E-state index is 12.2. The number of nitrogens with zero attached hydrogens (tertiary/aromatic N) is 3. The van der Waals surface area contributed by atoms with E-state index in [2.05, 4.69) is 5.32 Å². The SMILES string of the molecule is CC(C)C(NC(=O)/C(C#N)=C\N1CCN(C(=O)OC(C)(C)C)CC1)C(=O)O. The lowest BCUT2D eigenvalue weighted by Gasteiger charge is -2.35. The van der Waals surface area contributed by atoms with Crippen LogP contribution in [-0.2, 0) is 14.3 Å². The van der Waals surface area contributed by atoms with E-state index in [1.54, 1.807) is 50.5 Å². The molecule has 1 saturated heterocycles. The summed E-state index contributed by atoms with van der Waals surface area (Å²) in [7, 11) is 0. The molecule has 9 nitrogen and oxygen atoms in total. The summed E-state index contributed by atoms with van der Waals surface area (Å²) in [5.74, 6) is -2.20. The van der Waals surface area contributed by atoms with E-state index < -0.39 is 29.6 Å². The Hall–Kier alpha value is -2.76. The van der Waals surface area contributed by atoms with E-state index in [-0.39, 0.29) is 11.5 Å². The van der Waals surface area contributed by atoms with Gasteiger partial charge in [-0.15, -0.1) is 0 Å². The van der Waals surface area contributed by atoms with Crippen LogP contribution in [0.3, 0.4) is 0 Å². The number of amides is 2. The standard InChI is InChI=1S/C18H28N4O5/c1-12(2)14(16(24)25)20-15(23)13(10-19)11-21-6-8-22(9-7-21)17(26)27-18(3,4)5/h11-12,14H,6-9H2,1-5H3,(H,20,23)(H,24,25)/b13-11-. The minimum absolute atomic E-state index is 0.174. The number of aliphatic carboxylic acids is 1. The van der Waals surface area contributed by atoms with Crippen molar-refractivity contribution in [2.24, 2.45) is 5.92 Å². The van der Waals surface area contributed by atoms with Crippen LogP contribution >= 0.6 is 0 Å². The van der Waals surface area contributed by atoms with Gasteiger partial charge in [-0.1, -0.05) is 13.8 Å². The van der Waals surface area contributed by atoms with E-state index in [9.17, 15) is 19.6 Å². The maximum atomic E-state index is 12.2. The first-order chi connectivity index (χ1) is 12.4. The fraction of sp³-hybridized carbons (Fsp3) is 0.667. The molecule has 0 aromatic heterocycles. The Labute approximate surface area is 159 Å². The maximum Gasteiger partial charge on any atom is 0.410 e. The number of carboxylic acid groups (broad SMARTS) is 1. The number of carbonyl (C=O) groups excluding carboxylic acids is 2. The van der Waals surface area contributed by atoms with Crippen molar-refractivity contribution < 1.29 is 24.2 Å². The van der Waals surface area contributed by atoms with Gasteiger partial charge in [0.25, 0.3) is 5.91 Å². The Bertz CT molecular complexity index is 637. The highest BCUT2D eigenvalue weighted by molar-refractivity contribution is 5.99. The highest BCUT2D eigenvalue weighted by Crippen LogP contribution is 2.13. The predicted molar refractivity (Wildman–Crippen MR) is 97.5 cm³/mol. The number of rotatable bonds is 5. The summed E-state index contributed by atoms with van der Waals surface area (Å²) in [6.07, 6.45) is 1.01. The third-order valence-electron chi connectivity index (χ3n) is 3.86. The largest absolute Gasteiger partial charge is 0.480 e. The molecule has 0 bridgehead atoms. The first kappa shape index (κ1) is 22.3. The van der Waals surface area contributed by atoms with E-state index in [0.717, 1.165) is 0 Å². The molecule has 0 radical (unpaired) electrons. The number of carboxylic acids is 1. The highest BCUT2D eigenvalue weighted by Gasteiger charge is 2.27. The van der Waals surface area contributed by atoms with Crippen LogP contribution in [0.15, 0.2) is 11.8 Å². The molecule has 2 amide bonds. The number of hydrogen-bond donors (Lipinski definition) is 2. The zero-order chi connectivity index (χ0) is 20.8. The Kier molecular flexibility index (Phi) is 7.64. The molecule has 1 atom stereocenters. The van der Waals surface area contributed by atoms with E-state index in [4.69, 9.17) is 9.84 Å². The van der Waals surface area contributed by atoms with Crippen LogP contribution in [0.4, 0.5) is 4.79 Å². The smallest absolute Gasteiger partial charge is 0.410 e. The normalized spacial score (nSPS) is 16.6. The number of ether oxygens (including phenoxy) is 1. The van der Waals surface area contributed by atoms with Crippen molar-refractivity contribution in [2.45, 2.75) is 46.3 Å². The van der Waals surface area contributed by atoms with Crippen LogP contribution in [0, 0.1) is 17.2 Å². The van der Waals surface area contributed by atoms with Gasteiger partial charge in [0.1, 0.15) is 23.3 Å². The van der Waals surface area contributed by atoms with Gasteiger partial charge in [-0.05, 0) is 26.7 Å². The first-order valence-corrected chi connectivity index (χ1v) is 8.82. The Balaban J connectivity index is 2.69. The average Bonchev–Trinajstić information content (AvgIpc) is 2.55. The molecule has 150 valence electrons. The Morgan fingerprint density at radius 2 is 1.74 bits per heavy atom. The topological polar surface area (TPSA) is 123 Å². The van der Waals surface area contributed by atoms with Gasteiger partial charge in [0, 0.05) is 32.4 Å². The van der Waals surface area contributed by atoms with Gasteiger partial charge >= 0.3 is 12.1 Å². The molecule has 1 aliphatic rings. The van der Waals surface area contributed by atoms with Crippen LogP contribution in [-0.4, -0.2) is 70.7 Å². The fourth-order valence-corrected chi connectivity index (χ4v) is 2.41.